The van der Waals surface area contributed by atoms with Crippen LogP contribution in [0.5, 0.6) is 0 Å². The van der Waals surface area contributed by atoms with Gasteiger partial charge in [0, 0.05) is 152 Å². The Morgan fingerprint density at radius 2 is 0.433 bits per heavy atom. The Balaban J connectivity index is 5.83. The summed E-state index contributed by atoms with van der Waals surface area (Å²) in [7, 11) is 44.5. The molecule has 0 aromatic heterocycles. The third-order valence-corrected chi connectivity index (χ3v) is 20.9. The second kappa shape index (κ2) is 53.3. The summed E-state index contributed by atoms with van der Waals surface area (Å²) in [5.74, 6) is 7.80. The highest BCUT2D eigenvalue weighted by atomic mass is 33.1. The van der Waals surface area contributed by atoms with Crippen LogP contribution >= 0.6 is 108 Å². The quantitative estimate of drug-likeness (QED) is 0.0335. The first-order valence-corrected chi connectivity index (χ1v) is 35.4. The molecule has 13 nitrogen and oxygen atoms in total. The molecule has 374 valence electrons. The standard InChI is InChI=1S/C39H73B5N8O5S10/c40-6-30-63-58-25-1-35(53)45-11-16-50(17-12-46-36(54)2-26-59-64-31-7-41)21-23-52(20-15-49-39(57)5-29-62-67-34-10-44)24-22-51(18-13-47-37(55)3-27-60-65-32-8-42)19-14-48-38(56)4-28-61-66-33-9-43/h1-34H2,(H,45,53)(H,46,54)(H,47,55)(H,48,56)(H,49,57). The number of carbonyl (C=O) groups excluding carboxylic acids is 5. The third kappa shape index (κ3) is 49.1. The molecule has 0 aromatic rings. The molecule has 5 amide bonds. The highest BCUT2D eigenvalue weighted by Gasteiger charge is 2.15. The van der Waals surface area contributed by atoms with Crippen LogP contribution in [0.25, 0.3) is 0 Å². The average molecular weight is 1110 g/mol. The van der Waals surface area contributed by atoms with Crippen molar-refractivity contribution < 1.29 is 24.0 Å². The molecule has 0 heterocycles. The highest BCUT2D eigenvalue weighted by molar-refractivity contribution is 8.77. The zero-order chi connectivity index (χ0) is 49.3. The van der Waals surface area contributed by atoms with E-state index in [1.807, 2.05) is 0 Å². The summed E-state index contributed by atoms with van der Waals surface area (Å²) in [5, 5.41) is 15.4. The van der Waals surface area contributed by atoms with E-state index in [2.05, 4.69) is 41.3 Å². The van der Waals surface area contributed by atoms with Crippen molar-refractivity contribution in [1.29, 1.82) is 0 Å². The van der Waals surface area contributed by atoms with Gasteiger partial charge in [0.2, 0.25) is 29.5 Å². The van der Waals surface area contributed by atoms with Crippen LogP contribution in [0.1, 0.15) is 32.1 Å². The molecule has 0 fully saturated rings. The third-order valence-electron chi connectivity index (χ3n) is 8.70. The lowest BCUT2D eigenvalue weighted by atomic mass is 10.1. The first-order chi connectivity index (χ1) is 32.7. The lowest BCUT2D eigenvalue weighted by Gasteiger charge is -2.30. The molecule has 0 rings (SSSR count). The van der Waals surface area contributed by atoms with Gasteiger partial charge in [-0.2, -0.15) is 0 Å². The molecule has 0 aliphatic carbocycles. The van der Waals surface area contributed by atoms with E-state index in [0.717, 1.165) is 28.8 Å². The van der Waals surface area contributed by atoms with E-state index in [4.69, 9.17) is 39.2 Å². The van der Waals surface area contributed by atoms with Gasteiger partial charge in [0.25, 0.3) is 0 Å². The van der Waals surface area contributed by atoms with Gasteiger partial charge in [0.15, 0.2) is 0 Å². The van der Waals surface area contributed by atoms with Gasteiger partial charge in [-0.1, -0.05) is 140 Å². The number of carbonyl (C=O) groups is 5. The van der Waals surface area contributed by atoms with Crippen molar-refractivity contribution in [3.8, 4) is 0 Å². The molecule has 0 aromatic carbocycles. The fourth-order valence-corrected chi connectivity index (χ4v) is 14.5. The number of hydrogen-bond acceptors (Lipinski definition) is 18. The van der Waals surface area contributed by atoms with Crippen molar-refractivity contribution in [3.05, 3.63) is 0 Å². The summed E-state index contributed by atoms with van der Waals surface area (Å²) in [6, 6.07) is 0. The SMILES string of the molecule is [B]CCSSCCC(=O)NCCN(CCNC(=O)CCSSCC[B])CCN(CCNC(=O)CCSSCC[B])CCN(CCNC(=O)CCSSCC[B])CCNC(=O)CCSSCC[B]. The zero-order valence-corrected chi connectivity index (χ0v) is 47.6. The maximum absolute atomic E-state index is 12.8. The molecule has 67 heavy (non-hydrogen) atoms. The van der Waals surface area contributed by atoms with Crippen LogP contribution in [0, 0.1) is 0 Å². The predicted octanol–water partition coefficient (Wildman–Crippen LogP) is 4.26. The van der Waals surface area contributed by atoms with Gasteiger partial charge in [0.05, 0.1) is 39.2 Å². The van der Waals surface area contributed by atoms with Crippen molar-refractivity contribution in [2.45, 2.75) is 63.7 Å². The lowest BCUT2D eigenvalue weighted by molar-refractivity contribution is -0.121. The topological polar surface area (TPSA) is 155 Å². The number of amides is 5. The molecule has 0 atom stereocenters. The zero-order valence-electron chi connectivity index (χ0n) is 39.4. The van der Waals surface area contributed by atoms with Crippen LogP contribution in [0.3, 0.4) is 0 Å². The number of nitrogens with one attached hydrogen (secondary N) is 5. The van der Waals surface area contributed by atoms with E-state index < -0.39 is 0 Å². The van der Waals surface area contributed by atoms with E-state index in [1.54, 1.807) is 108 Å². The molecule has 0 spiro atoms. The molecule has 10 radical (unpaired) electrons. The Kier molecular flexibility index (Phi) is 54.2. The summed E-state index contributed by atoms with van der Waals surface area (Å²) in [4.78, 5) is 70.2. The minimum Gasteiger partial charge on any atom is -0.355 e. The highest BCUT2D eigenvalue weighted by Crippen LogP contribution is 2.24. The smallest absolute Gasteiger partial charge is 0.220 e. The molecule has 0 bridgehead atoms. The minimum absolute atomic E-state index is 0.00104. The summed E-state index contributed by atoms with van der Waals surface area (Å²) in [6.45, 7) is 8.09. The molecule has 0 saturated heterocycles. The van der Waals surface area contributed by atoms with E-state index in [-0.39, 0.29) is 29.5 Å². The number of rotatable bonds is 51. The normalized spacial score (nSPS) is 11.3. The minimum atomic E-state index is 0.00104. The van der Waals surface area contributed by atoms with Gasteiger partial charge in [-0.25, -0.2) is 0 Å². The van der Waals surface area contributed by atoms with E-state index >= 15 is 0 Å². The van der Waals surface area contributed by atoms with E-state index in [9.17, 15) is 24.0 Å². The van der Waals surface area contributed by atoms with Crippen LogP contribution in [-0.2, 0) is 24.0 Å². The van der Waals surface area contributed by atoms with Gasteiger partial charge in [-0.15, -0.1) is 0 Å². The first kappa shape index (κ1) is 68.1. The Bertz CT molecular complexity index is 1100. The van der Waals surface area contributed by atoms with Gasteiger partial charge >= 0.3 is 0 Å². The molecular weight excluding hydrogens is 1040 g/mol. The van der Waals surface area contributed by atoms with Crippen LogP contribution in [-0.4, -0.2) is 233 Å². The molecule has 5 N–H and O–H groups in total. The summed E-state index contributed by atoms with van der Waals surface area (Å²) in [6.07, 6.45) is 5.16. The first-order valence-electron chi connectivity index (χ1n) is 22.9. The second-order valence-corrected chi connectivity index (χ2v) is 27.7. The van der Waals surface area contributed by atoms with Gasteiger partial charge in [-0.05, 0) is 28.8 Å². The van der Waals surface area contributed by atoms with Crippen molar-refractivity contribution in [2.75, 3.05) is 149 Å². The maximum atomic E-state index is 12.8. The lowest BCUT2D eigenvalue weighted by Crippen LogP contribution is -2.47. The second-order valence-electron chi connectivity index (χ2n) is 14.2. The van der Waals surface area contributed by atoms with E-state index in [0.29, 0.717) is 184 Å². The van der Waals surface area contributed by atoms with Crippen LogP contribution in [0.4, 0.5) is 0 Å². The fourth-order valence-electron chi connectivity index (χ4n) is 5.28. The molecule has 0 aliphatic rings. The predicted molar refractivity (Wildman–Crippen MR) is 315 cm³/mol. The maximum Gasteiger partial charge on any atom is 0.220 e. The van der Waals surface area contributed by atoms with E-state index in [1.165, 1.54) is 0 Å². The summed E-state index contributed by atoms with van der Waals surface area (Å²) >= 11 is 0. The summed E-state index contributed by atoms with van der Waals surface area (Å²) in [5.41, 5.74) is 0. The Morgan fingerprint density at radius 1 is 0.269 bits per heavy atom. The number of nitrogens with zero attached hydrogens (tertiary/aromatic N) is 3. The molecule has 0 saturated carbocycles. The molecular formula is C39H73B5N8O5S10. The van der Waals surface area contributed by atoms with Gasteiger partial charge in [0.1, 0.15) is 0 Å². The van der Waals surface area contributed by atoms with Gasteiger partial charge in [-0.3, -0.25) is 38.7 Å². The number of hydrogen-bond donors (Lipinski definition) is 5. The van der Waals surface area contributed by atoms with Crippen molar-refractivity contribution in [2.24, 2.45) is 0 Å². The Labute approximate surface area is 450 Å². The molecule has 0 aliphatic heterocycles. The molecule has 28 heteroatoms. The fraction of sp³-hybridized carbons (Fsp3) is 0.872. The summed E-state index contributed by atoms with van der Waals surface area (Å²) < 4.78 is 0. The Hall–Kier alpha value is 1.05. The van der Waals surface area contributed by atoms with Crippen LogP contribution in [0.15, 0.2) is 0 Å². The van der Waals surface area contributed by atoms with Gasteiger partial charge < -0.3 is 26.6 Å². The van der Waals surface area contributed by atoms with Crippen LogP contribution in [0.2, 0.25) is 31.6 Å². The van der Waals surface area contributed by atoms with Crippen molar-refractivity contribution in [3.63, 3.8) is 0 Å². The largest absolute Gasteiger partial charge is 0.355 e. The monoisotopic (exact) mass is 1110 g/mol. The molecule has 0 unspecified atom stereocenters. The Morgan fingerprint density at radius 3 is 0.612 bits per heavy atom. The van der Waals surface area contributed by atoms with Crippen molar-refractivity contribution >= 4 is 177 Å². The average Bonchev–Trinajstić information content (AvgIpc) is 3.31. The van der Waals surface area contributed by atoms with Crippen molar-refractivity contribution in [1.82, 2.24) is 41.3 Å². The van der Waals surface area contributed by atoms with Crippen LogP contribution < -0.4 is 26.6 Å².